The fourth-order valence-corrected chi connectivity index (χ4v) is 6.85. The zero-order valence-electron chi connectivity index (χ0n) is 15.3. The van der Waals surface area contributed by atoms with Crippen LogP contribution in [0.1, 0.15) is 52.9 Å². The zero-order chi connectivity index (χ0) is 17.1. The molecule has 0 aromatic carbocycles. The third-order valence-electron chi connectivity index (χ3n) is 8.56. The molecule has 0 aromatic rings. The first-order chi connectivity index (χ1) is 11.4. The van der Waals surface area contributed by atoms with Crippen LogP contribution in [-0.4, -0.2) is 12.4 Å². The van der Waals surface area contributed by atoms with Crippen LogP contribution < -0.4 is 5.90 Å². The van der Waals surface area contributed by atoms with Crippen molar-refractivity contribution in [3.05, 3.63) is 23.8 Å². The molecule has 3 saturated carbocycles. The molecule has 0 aromatic heterocycles. The summed E-state index contributed by atoms with van der Waals surface area (Å²) in [5.41, 5.74) is 2.05. The van der Waals surface area contributed by atoms with Gasteiger partial charge in [0.25, 0.3) is 0 Å². The third kappa shape index (κ3) is 2.13. The summed E-state index contributed by atoms with van der Waals surface area (Å²) in [4.78, 5) is 17.0. The predicted molar refractivity (Wildman–Crippen MR) is 94.8 cm³/mol. The molecule has 3 nitrogen and oxygen atoms in total. The van der Waals surface area contributed by atoms with Crippen molar-refractivity contribution in [1.29, 1.82) is 0 Å². The molecular formula is C21H31NO2. The highest BCUT2D eigenvalue weighted by atomic mass is 16.6. The molecule has 0 heterocycles. The van der Waals surface area contributed by atoms with Gasteiger partial charge in [0, 0.05) is 11.8 Å². The van der Waals surface area contributed by atoms with E-state index in [0.29, 0.717) is 29.8 Å². The average Bonchev–Trinajstić information content (AvgIpc) is 2.85. The predicted octanol–water partition coefficient (Wildman–Crippen LogP) is 4.05. The lowest BCUT2D eigenvalue weighted by Crippen LogP contribution is -2.54. The van der Waals surface area contributed by atoms with E-state index in [1.807, 2.05) is 6.08 Å². The number of nitrogens with two attached hydrogens (primary N) is 1. The Kier molecular flexibility index (Phi) is 3.81. The van der Waals surface area contributed by atoms with Crippen LogP contribution in [0.3, 0.4) is 0 Å². The lowest BCUT2D eigenvalue weighted by Gasteiger charge is -2.60. The molecule has 0 aliphatic heterocycles. The lowest BCUT2D eigenvalue weighted by atomic mass is 9.44. The number of hydrogen-bond acceptors (Lipinski definition) is 3. The second-order valence-electron chi connectivity index (χ2n) is 9.35. The van der Waals surface area contributed by atoms with E-state index in [1.165, 1.54) is 31.3 Å². The highest BCUT2D eigenvalue weighted by molar-refractivity contribution is 6.01. The summed E-state index contributed by atoms with van der Waals surface area (Å²) in [6.45, 7) is 8.01. The van der Waals surface area contributed by atoms with Crippen molar-refractivity contribution in [2.24, 2.45) is 46.3 Å². The molecule has 0 amide bonds. The highest BCUT2D eigenvalue weighted by Gasteiger charge is 2.60. The largest absolute Gasteiger partial charge is 0.304 e. The molecule has 3 heteroatoms. The Hall–Kier alpha value is -0.930. The third-order valence-corrected chi connectivity index (χ3v) is 8.56. The maximum atomic E-state index is 12.0. The molecule has 3 fully saturated rings. The van der Waals surface area contributed by atoms with Crippen molar-refractivity contribution in [2.75, 3.05) is 6.61 Å². The molecule has 0 bridgehead atoms. The Morgan fingerprint density at radius 1 is 1.21 bits per heavy atom. The number of rotatable bonds is 2. The van der Waals surface area contributed by atoms with E-state index in [-0.39, 0.29) is 11.2 Å². The van der Waals surface area contributed by atoms with Crippen LogP contribution in [0, 0.1) is 40.4 Å². The van der Waals surface area contributed by atoms with E-state index in [1.54, 1.807) is 6.08 Å². The van der Waals surface area contributed by atoms with E-state index >= 15 is 0 Å². The first-order valence-electron chi connectivity index (χ1n) is 9.65. The van der Waals surface area contributed by atoms with E-state index < -0.39 is 0 Å². The summed E-state index contributed by atoms with van der Waals surface area (Å²) < 4.78 is 0. The normalized spacial score (nSPS) is 50.1. The number of fused-ring (bicyclic) bond motifs is 5. The fraction of sp³-hybridized carbons (Fsp3) is 0.762. The number of ketones is 1. The van der Waals surface area contributed by atoms with Gasteiger partial charge in [-0.1, -0.05) is 32.4 Å². The minimum atomic E-state index is 0.125. The number of allylic oxidation sites excluding steroid dienone is 3. The van der Waals surface area contributed by atoms with Crippen LogP contribution >= 0.6 is 0 Å². The number of carbonyl (C=O) groups excluding carboxylic acids is 1. The SMILES string of the molecule is CC1CCC2C3C[C@H](CON)C4=CC(=O)C=CC4[C@@]3(C)CCC12C. The summed E-state index contributed by atoms with van der Waals surface area (Å²) in [6, 6.07) is 0. The van der Waals surface area contributed by atoms with Gasteiger partial charge < -0.3 is 4.84 Å². The van der Waals surface area contributed by atoms with Gasteiger partial charge in [0.2, 0.25) is 0 Å². The number of hydrogen-bond donors (Lipinski definition) is 1. The van der Waals surface area contributed by atoms with Crippen molar-refractivity contribution in [1.82, 2.24) is 0 Å². The molecular weight excluding hydrogens is 298 g/mol. The summed E-state index contributed by atoms with van der Waals surface area (Å²) in [5.74, 6) is 8.59. The maximum Gasteiger partial charge on any atom is 0.178 e. The lowest BCUT2D eigenvalue weighted by molar-refractivity contribution is -0.111. The fourth-order valence-electron chi connectivity index (χ4n) is 6.85. The van der Waals surface area contributed by atoms with Gasteiger partial charge in [-0.15, -0.1) is 0 Å². The van der Waals surface area contributed by atoms with Gasteiger partial charge in [0.1, 0.15) is 0 Å². The van der Waals surface area contributed by atoms with Crippen molar-refractivity contribution < 1.29 is 9.63 Å². The summed E-state index contributed by atoms with van der Waals surface area (Å²) in [6.07, 6.45) is 12.3. The van der Waals surface area contributed by atoms with Crippen LogP contribution in [0.15, 0.2) is 23.8 Å². The van der Waals surface area contributed by atoms with Gasteiger partial charge >= 0.3 is 0 Å². The smallest absolute Gasteiger partial charge is 0.178 e. The average molecular weight is 329 g/mol. The minimum absolute atomic E-state index is 0.125. The Morgan fingerprint density at radius 2 is 1.96 bits per heavy atom. The molecule has 0 saturated heterocycles. The molecule has 132 valence electrons. The van der Waals surface area contributed by atoms with Crippen LogP contribution in [0.4, 0.5) is 0 Å². The Balaban J connectivity index is 1.74. The van der Waals surface area contributed by atoms with Crippen LogP contribution in [0.2, 0.25) is 0 Å². The molecule has 0 radical (unpaired) electrons. The molecule has 0 spiro atoms. The van der Waals surface area contributed by atoms with E-state index in [9.17, 15) is 4.79 Å². The Labute approximate surface area is 145 Å². The van der Waals surface area contributed by atoms with E-state index in [4.69, 9.17) is 10.7 Å². The van der Waals surface area contributed by atoms with Gasteiger partial charge in [0.15, 0.2) is 5.78 Å². The Bertz CT molecular complexity index is 609. The van der Waals surface area contributed by atoms with Crippen molar-refractivity contribution in [3.8, 4) is 0 Å². The molecule has 5 unspecified atom stereocenters. The quantitative estimate of drug-likeness (QED) is 0.778. The van der Waals surface area contributed by atoms with Gasteiger partial charge in [-0.25, -0.2) is 5.90 Å². The van der Waals surface area contributed by atoms with Gasteiger partial charge in [-0.2, -0.15) is 0 Å². The summed E-state index contributed by atoms with van der Waals surface area (Å²) in [5, 5.41) is 0. The monoisotopic (exact) mass is 329 g/mol. The first kappa shape index (κ1) is 16.5. The van der Waals surface area contributed by atoms with E-state index in [2.05, 4.69) is 26.8 Å². The minimum Gasteiger partial charge on any atom is -0.304 e. The zero-order valence-corrected chi connectivity index (χ0v) is 15.3. The van der Waals surface area contributed by atoms with Crippen molar-refractivity contribution >= 4 is 5.78 Å². The van der Waals surface area contributed by atoms with E-state index in [0.717, 1.165) is 18.3 Å². The maximum absolute atomic E-state index is 12.0. The summed E-state index contributed by atoms with van der Waals surface area (Å²) >= 11 is 0. The molecule has 24 heavy (non-hydrogen) atoms. The first-order valence-corrected chi connectivity index (χ1v) is 9.65. The standard InChI is InChI=1S/C21H31NO2/c1-13-4-6-18-19-10-14(12-24-22)16-11-15(23)5-7-17(16)21(19,3)9-8-20(13,18)2/h5,7,11,13-14,17-19H,4,6,8-10,12,22H2,1-3H3/t13?,14-,17?,18?,19?,20?,21-/m1/s1. The molecule has 7 atom stereocenters. The van der Waals surface area contributed by atoms with Gasteiger partial charge in [-0.3, -0.25) is 4.79 Å². The van der Waals surface area contributed by atoms with Crippen LogP contribution in [-0.2, 0) is 9.63 Å². The number of carbonyl (C=O) groups is 1. The molecule has 4 aliphatic rings. The second-order valence-corrected chi connectivity index (χ2v) is 9.35. The Morgan fingerprint density at radius 3 is 2.71 bits per heavy atom. The summed E-state index contributed by atoms with van der Waals surface area (Å²) in [7, 11) is 0. The van der Waals surface area contributed by atoms with Crippen molar-refractivity contribution in [2.45, 2.75) is 52.9 Å². The van der Waals surface area contributed by atoms with Crippen molar-refractivity contribution in [3.63, 3.8) is 0 Å². The highest BCUT2D eigenvalue weighted by Crippen LogP contribution is 2.68. The molecule has 2 N–H and O–H groups in total. The van der Waals surface area contributed by atoms with Gasteiger partial charge in [0.05, 0.1) is 6.61 Å². The van der Waals surface area contributed by atoms with Crippen LogP contribution in [0.5, 0.6) is 0 Å². The second kappa shape index (κ2) is 5.54. The van der Waals surface area contributed by atoms with Crippen LogP contribution in [0.25, 0.3) is 0 Å². The topological polar surface area (TPSA) is 52.3 Å². The molecule has 4 aliphatic carbocycles. The molecule has 4 rings (SSSR count). The van der Waals surface area contributed by atoms with Gasteiger partial charge in [-0.05, 0) is 72.8 Å².